The van der Waals surface area contributed by atoms with E-state index in [2.05, 4.69) is 18.5 Å². The van der Waals surface area contributed by atoms with Gasteiger partial charge >= 0.3 is 0 Å². The molecular formula is C21H22N2O2. The molecule has 2 rings (SSSR count). The van der Waals surface area contributed by atoms with Crippen LogP contribution in [0.1, 0.15) is 26.3 Å². The Morgan fingerprint density at radius 3 is 2.04 bits per heavy atom. The Morgan fingerprint density at radius 1 is 0.880 bits per heavy atom. The lowest BCUT2D eigenvalue weighted by Gasteiger charge is -2.19. The fraction of sp³-hybridized carbons (Fsp3) is 0.143. The molecule has 0 aromatic heterocycles. The van der Waals surface area contributed by atoms with Gasteiger partial charge in [-0.1, -0.05) is 42.5 Å². The third kappa shape index (κ3) is 5.18. The molecule has 0 bridgehead atoms. The van der Waals surface area contributed by atoms with E-state index in [0.29, 0.717) is 30.8 Å². The van der Waals surface area contributed by atoms with Crippen molar-refractivity contribution >= 4 is 11.8 Å². The minimum atomic E-state index is -0.121. The fourth-order valence-electron chi connectivity index (χ4n) is 2.37. The topological polar surface area (TPSA) is 49.4 Å². The van der Waals surface area contributed by atoms with E-state index in [4.69, 9.17) is 0 Å². The first-order chi connectivity index (χ1) is 12.2. The molecule has 0 aliphatic carbocycles. The van der Waals surface area contributed by atoms with Crippen LogP contribution < -0.4 is 5.32 Å². The van der Waals surface area contributed by atoms with Crippen molar-refractivity contribution in [2.75, 3.05) is 13.1 Å². The van der Waals surface area contributed by atoms with Crippen molar-refractivity contribution in [2.24, 2.45) is 0 Å². The smallest absolute Gasteiger partial charge is 0.254 e. The summed E-state index contributed by atoms with van der Waals surface area (Å²) in [5, 5.41) is 2.87. The van der Waals surface area contributed by atoms with Crippen molar-refractivity contribution in [2.45, 2.75) is 6.54 Å². The van der Waals surface area contributed by atoms with Crippen LogP contribution in [0.5, 0.6) is 0 Å². The minimum Gasteiger partial charge on any atom is -0.348 e. The lowest BCUT2D eigenvalue weighted by atomic mass is 10.1. The van der Waals surface area contributed by atoms with Gasteiger partial charge < -0.3 is 10.2 Å². The molecule has 4 nitrogen and oxygen atoms in total. The minimum absolute atomic E-state index is 0.0697. The van der Waals surface area contributed by atoms with Crippen LogP contribution in [0.25, 0.3) is 0 Å². The van der Waals surface area contributed by atoms with Crippen molar-refractivity contribution in [1.29, 1.82) is 0 Å². The summed E-state index contributed by atoms with van der Waals surface area (Å²) in [7, 11) is 0. The van der Waals surface area contributed by atoms with E-state index in [1.165, 1.54) is 0 Å². The molecule has 2 aromatic rings. The van der Waals surface area contributed by atoms with Gasteiger partial charge in [-0.25, -0.2) is 0 Å². The maximum Gasteiger partial charge on any atom is 0.254 e. The highest BCUT2D eigenvalue weighted by Gasteiger charge is 2.13. The number of carbonyl (C=O) groups is 2. The first-order valence-electron chi connectivity index (χ1n) is 8.09. The number of benzene rings is 2. The molecule has 0 fully saturated rings. The van der Waals surface area contributed by atoms with E-state index in [9.17, 15) is 9.59 Å². The molecule has 2 aromatic carbocycles. The third-order valence-electron chi connectivity index (χ3n) is 3.68. The van der Waals surface area contributed by atoms with Gasteiger partial charge in [0.15, 0.2) is 0 Å². The van der Waals surface area contributed by atoms with Crippen molar-refractivity contribution in [3.8, 4) is 0 Å². The number of nitrogens with zero attached hydrogens (tertiary/aromatic N) is 1. The predicted octanol–water partition coefficient (Wildman–Crippen LogP) is 3.43. The lowest BCUT2D eigenvalue weighted by molar-refractivity contribution is 0.0790. The zero-order valence-corrected chi connectivity index (χ0v) is 14.2. The second kappa shape index (κ2) is 9.23. The van der Waals surface area contributed by atoms with Gasteiger partial charge in [-0.15, -0.1) is 13.2 Å². The van der Waals surface area contributed by atoms with E-state index in [1.54, 1.807) is 41.3 Å². The van der Waals surface area contributed by atoms with Crippen molar-refractivity contribution in [1.82, 2.24) is 10.2 Å². The van der Waals surface area contributed by atoms with E-state index < -0.39 is 0 Å². The molecule has 0 heterocycles. The summed E-state index contributed by atoms with van der Waals surface area (Å²) < 4.78 is 0. The van der Waals surface area contributed by atoms with E-state index in [1.807, 2.05) is 30.3 Å². The van der Waals surface area contributed by atoms with Gasteiger partial charge in [0.2, 0.25) is 0 Å². The van der Waals surface area contributed by atoms with Gasteiger partial charge in [-0.05, 0) is 29.8 Å². The summed E-state index contributed by atoms with van der Waals surface area (Å²) in [6, 6.07) is 16.3. The molecule has 0 saturated carbocycles. The second-order valence-electron chi connectivity index (χ2n) is 5.53. The maximum atomic E-state index is 12.4. The SMILES string of the molecule is C=CCN(CC=C)C(=O)c1ccc(CNC(=O)c2ccccc2)cc1. The maximum absolute atomic E-state index is 12.4. The van der Waals surface area contributed by atoms with E-state index in [0.717, 1.165) is 5.56 Å². The molecule has 0 aliphatic rings. The summed E-state index contributed by atoms with van der Waals surface area (Å²) in [5.74, 6) is -0.191. The highest BCUT2D eigenvalue weighted by atomic mass is 16.2. The van der Waals surface area contributed by atoms with Crippen LogP contribution >= 0.6 is 0 Å². The Morgan fingerprint density at radius 2 is 1.48 bits per heavy atom. The molecule has 25 heavy (non-hydrogen) atoms. The summed E-state index contributed by atoms with van der Waals surface area (Å²) >= 11 is 0. The van der Waals surface area contributed by atoms with Crippen LogP contribution in [0, 0.1) is 0 Å². The molecule has 1 N–H and O–H groups in total. The summed E-state index contributed by atoms with van der Waals surface area (Å²) in [6.45, 7) is 8.69. The number of nitrogens with one attached hydrogen (secondary N) is 1. The zero-order valence-electron chi connectivity index (χ0n) is 14.2. The van der Waals surface area contributed by atoms with Gasteiger partial charge in [0, 0.05) is 30.8 Å². The first-order valence-corrected chi connectivity index (χ1v) is 8.09. The summed E-state index contributed by atoms with van der Waals surface area (Å²) in [5.41, 5.74) is 2.15. The molecule has 0 aliphatic heterocycles. The van der Waals surface area contributed by atoms with Crippen LogP contribution in [-0.4, -0.2) is 29.8 Å². The number of carbonyl (C=O) groups excluding carboxylic acids is 2. The Balaban J connectivity index is 1.97. The molecule has 0 spiro atoms. The van der Waals surface area contributed by atoms with E-state index in [-0.39, 0.29) is 11.8 Å². The molecule has 0 saturated heterocycles. The third-order valence-corrected chi connectivity index (χ3v) is 3.68. The van der Waals surface area contributed by atoms with Crippen LogP contribution in [-0.2, 0) is 6.54 Å². The summed E-state index contributed by atoms with van der Waals surface area (Å²) in [6.07, 6.45) is 3.38. The Bertz CT molecular complexity index is 726. The number of hydrogen-bond acceptors (Lipinski definition) is 2. The predicted molar refractivity (Wildman–Crippen MR) is 100 cm³/mol. The molecule has 0 atom stereocenters. The molecule has 128 valence electrons. The fourth-order valence-corrected chi connectivity index (χ4v) is 2.37. The van der Waals surface area contributed by atoms with Crippen molar-refractivity contribution < 1.29 is 9.59 Å². The van der Waals surface area contributed by atoms with Gasteiger partial charge in [0.05, 0.1) is 0 Å². The van der Waals surface area contributed by atoms with Crippen LogP contribution in [0.15, 0.2) is 79.9 Å². The lowest BCUT2D eigenvalue weighted by Crippen LogP contribution is -2.31. The average molecular weight is 334 g/mol. The monoisotopic (exact) mass is 334 g/mol. The molecule has 0 radical (unpaired) electrons. The van der Waals surface area contributed by atoms with Crippen LogP contribution in [0.4, 0.5) is 0 Å². The number of hydrogen-bond donors (Lipinski definition) is 1. The Kier molecular flexibility index (Phi) is 6.72. The standard InChI is InChI=1S/C21H22N2O2/c1-3-14-23(15-4-2)21(25)19-12-10-17(11-13-19)16-22-20(24)18-8-6-5-7-9-18/h3-13H,1-2,14-16H2,(H,22,24). The highest BCUT2D eigenvalue weighted by molar-refractivity contribution is 5.95. The largest absolute Gasteiger partial charge is 0.348 e. The van der Waals surface area contributed by atoms with E-state index >= 15 is 0 Å². The Labute approximate surface area is 148 Å². The summed E-state index contributed by atoms with van der Waals surface area (Å²) in [4.78, 5) is 26.1. The Hall–Kier alpha value is -3.14. The molecule has 0 unspecified atom stereocenters. The van der Waals surface area contributed by atoms with Gasteiger partial charge in [-0.3, -0.25) is 9.59 Å². The van der Waals surface area contributed by atoms with Crippen LogP contribution in [0.2, 0.25) is 0 Å². The quantitative estimate of drug-likeness (QED) is 0.752. The van der Waals surface area contributed by atoms with Crippen LogP contribution in [0.3, 0.4) is 0 Å². The second-order valence-corrected chi connectivity index (χ2v) is 5.53. The first kappa shape index (κ1) is 18.2. The molecular weight excluding hydrogens is 312 g/mol. The molecule has 2 amide bonds. The van der Waals surface area contributed by atoms with Gasteiger partial charge in [0.25, 0.3) is 11.8 Å². The normalized spacial score (nSPS) is 9.92. The van der Waals surface area contributed by atoms with Gasteiger partial charge in [0.1, 0.15) is 0 Å². The number of amides is 2. The van der Waals surface area contributed by atoms with Crippen molar-refractivity contribution in [3.63, 3.8) is 0 Å². The highest BCUT2D eigenvalue weighted by Crippen LogP contribution is 2.09. The van der Waals surface area contributed by atoms with Gasteiger partial charge in [-0.2, -0.15) is 0 Å². The average Bonchev–Trinajstić information content (AvgIpc) is 2.66. The van der Waals surface area contributed by atoms with Crippen molar-refractivity contribution in [3.05, 3.63) is 96.6 Å². The number of rotatable bonds is 8. The molecule has 4 heteroatoms. The zero-order chi connectivity index (χ0) is 18.1.